The van der Waals surface area contributed by atoms with Crippen LogP contribution in [0.3, 0.4) is 0 Å². The first kappa shape index (κ1) is 10.3. The number of hydrogen-bond donors (Lipinski definition) is 0. The molecule has 0 bridgehead atoms. The number of aldehydes is 1. The van der Waals surface area contributed by atoms with Crippen LogP contribution in [0.15, 0.2) is 42.9 Å². The smallest absolute Gasteiger partial charge is 0.146 e. The minimum Gasteiger partial charge on any atom is -0.298 e. The number of hydrogen-bond acceptors (Lipinski definition) is 3. The van der Waals surface area contributed by atoms with E-state index in [0.29, 0.717) is 5.57 Å². The van der Waals surface area contributed by atoms with E-state index in [-0.39, 0.29) is 0 Å². The van der Waals surface area contributed by atoms with Crippen molar-refractivity contribution in [1.82, 2.24) is 14.6 Å². The van der Waals surface area contributed by atoms with Crippen molar-refractivity contribution >= 4 is 17.4 Å². The molecule has 80 valence electrons. The zero-order valence-corrected chi connectivity index (χ0v) is 8.92. The van der Waals surface area contributed by atoms with Gasteiger partial charge in [0.25, 0.3) is 0 Å². The fourth-order valence-corrected chi connectivity index (χ4v) is 1.58. The fourth-order valence-electron chi connectivity index (χ4n) is 1.58. The largest absolute Gasteiger partial charge is 0.298 e. The molecule has 2 heterocycles. The summed E-state index contributed by atoms with van der Waals surface area (Å²) in [4.78, 5) is 15.0. The normalized spacial score (nSPS) is 12.3. The van der Waals surface area contributed by atoms with Crippen LogP contribution in [0.2, 0.25) is 0 Å². The predicted molar refractivity (Wildman–Crippen MR) is 61.8 cm³/mol. The van der Waals surface area contributed by atoms with Crippen molar-refractivity contribution in [2.24, 2.45) is 0 Å². The molecule has 0 radical (unpaired) electrons. The SMILES string of the molecule is C=CC(=C(C)C=O)c1ncnn2cccc12. The standard InChI is InChI=1S/C12H11N3O/c1-3-10(9(2)7-16)12-11-5-4-6-15(11)14-8-13-12/h3-8H,1H2,2H3. The number of fused-ring (bicyclic) bond motifs is 1. The van der Waals surface area contributed by atoms with Gasteiger partial charge in [-0.05, 0) is 24.6 Å². The van der Waals surface area contributed by atoms with Gasteiger partial charge in [-0.25, -0.2) is 9.50 Å². The number of nitrogens with zero attached hydrogens (tertiary/aromatic N) is 3. The van der Waals surface area contributed by atoms with Crippen LogP contribution in [-0.4, -0.2) is 20.9 Å². The fraction of sp³-hybridized carbons (Fsp3) is 0.0833. The van der Waals surface area contributed by atoms with E-state index < -0.39 is 0 Å². The second-order valence-corrected chi connectivity index (χ2v) is 3.37. The van der Waals surface area contributed by atoms with E-state index in [4.69, 9.17) is 0 Å². The number of allylic oxidation sites excluding steroid dienone is 3. The first-order chi connectivity index (χ1) is 7.77. The van der Waals surface area contributed by atoms with Gasteiger partial charge < -0.3 is 0 Å². The van der Waals surface area contributed by atoms with Crippen LogP contribution in [0.5, 0.6) is 0 Å². The Morgan fingerprint density at radius 1 is 1.56 bits per heavy atom. The van der Waals surface area contributed by atoms with Crippen LogP contribution in [0, 0.1) is 0 Å². The van der Waals surface area contributed by atoms with Crippen LogP contribution < -0.4 is 0 Å². The summed E-state index contributed by atoms with van der Waals surface area (Å²) < 4.78 is 1.71. The van der Waals surface area contributed by atoms with Gasteiger partial charge in [-0.3, -0.25) is 4.79 Å². The van der Waals surface area contributed by atoms with Gasteiger partial charge in [-0.1, -0.05) is 12.7 Å². The number of carbonyl (C=O) groups excluding carboxylic acids is 1. The van der Waals surface area contributed by atoms with Crippen LogP contribution >= 0.6 is 0 Å². The minimum absolute atomic E-state index is 0.608. The van der Waals surface area contributed by atoms with Gasteiger partial charge in [0.2, 0.25) is 0 Å². The molecule has 0 aliphatic heterocycles. The van der Waals surface area contributed by atoms with Gasteiger partial charge in [0.05, 0.1) is 11.2 Å². The Bertz CT molecular complexity index is 581. The van der Waals surface area contributed by atoms with Crippen molar-refractivity contribution in [3.05, 3.63) is 48.6 Å². The third-order valence-corrected chi connectivity index (χ3v) is 2.39. The molecular formula is C12H11N3O. The van der Waals surface area contributed by atoms with Crippen molar-refractivity contribution in [2.75, 3.05) is 0 Å². The topological polar surface area (TPSA) is 47.3 Å². The average molecular weight is 213 g/mol. The molecule has 0 aliphatic carbocycles. The highest BCUT2D eigenvalue weighted by Crippen LogP contribution is 2.20. The van der Waals surface area contributed by atoms with Gasteiger partial charge in [0.15, 0.2) is 0 Å². The quantitative estimate of drug-likeness (QED) is 0.444. The maximum Gasteiger partial charge on any atom is 0.146 e. The molecule has 0 saturated carbocycles. The lowest BCUT2D eigenvalue weighted by Gasteiger charge is -2.05. The summed E-state index contributed by atoms with van der Waals surface area (Å²) >= 11 is 0. The Balaban J connectivity index is 2.75. The summed E-state index contributed by atoms with van der Waals surface area (Å²) in [7, 11) is 0. The Morgan fingerprint density at radius 2 is 2.38 bits per heavy atom. The number of carbonyl (C=O) groups is 1. The molecule has 16 heavy (non-hydrogen) atoms. The molecule has 4 heteroatoms. The molecule has 0 aliphatic rings. The highest BCUT2D eigenvalue weighted by molar-refractivity contribution is 5.93. The molecule has 0 fully saturated rings. The Kier molecular flexibility index (Phi) is 2.64. The van der Waals surface area contributed by atoms with Crippen molar-refractivity contribution in [1.29, 1.82) is 0 Å². The highest BCUT2D eigenvalue weighted by atomic mass is 16.1. The van der Waals surface area contributed by atoms with E-state index in [2.05, 4.69) is 16.7 Å². The van der Waals surface area contributed by atoms with Crippen molar-refractivity contribution in [2.45, 2.75) is 6.92 Å². The van der Waals surface area contributed by atoms with Crippen molar-refractivity contribution in [3.8, 4) is 0 Å². The Hall–Kier alpha value is -2.23. The van der Waals surface area contributed by atoms with Crippen molar-refractivity contribution in [3.63, 3.8) is 0 Å². The third kappa shape index (κ3) is 1.54. The summed E-state index contributed by atoms with van der Waals surface area (Å²) in [5.74, 6) is 0. The summed E-state index contributed by atoms with van der Waals surface area (Å²) in [5.41, 5.74) is 2.93. The van der Waals surface area contributed by atoms with Gasteiger partial charge in [-0.2, -0.15) is 5.10 Å². The second kappa shape index (κ2) is 4.10. The molecule has 0 atom stereocenters. The zero-order chi connectivity index (χ0) is 11.5. The zero-order valence-electron chi connectivity index (χ0n) is 8.92. The van der Waals surface area contributed by atoms with Crippen LogP contribution in [0.4, 0.5) is 0 Å². The molecule has 4 nitrogen and oxygen atoms in total. The van der Waals surface area contributed by atoms with E-state index >= 15 is 0 Å². The average Bonchev–Trinajstić information content (AvgIpc) is 2.78. The monoisotopic (exact) mass is 213 g/mol. The molecule has 2 rings (SSSR count). The maximum absolute atomic E-state index is 10.8. The first-order valence-corrected chi connectivity index (χ1v) is 4.85. The molecule has 0 N–H and O–H groups in total. The first-order valence-electron chi connectivity index (χ1n) is 4.85. The summed E-state index contributed by atoms with van der Waals surface area (Å²) in [6, 6.07) is 3.78. The van der Waals surface area contributed by atoms with Gasteiger partial charge in [-0.15, -0.1) is 0 Å². The Morgan fingerprint density at radius 3 is 3.06 bits per heavy atom. The van der Waals surface area contributed by atoms with Crippen LogP contribution in [-0.2, 0) is 4.79 Å². The lowest BCUT2D eigenvalue weighted by molar-refractivity contribution is -0.104. The maximum atomic E-state index is 10.8. The molecule has 0 spiro atoms. The van der Waals surface area contributed by atoms with E-state index in [1.54, 1.807) is 17.5 Å². The third-order valence-electron chi connectivity index (χ3n) is 2.39. The van der Waals surface area contributed by atoms with E-state index in [0.717, 1.165) is 23.1 Å². The summed E-state index contributed by atoms with van der Waals surface area (Å²) in [6.07, 6.45) is 5.74. The van der Waals surface area contributed by atoms with Gasteiger partial charge >= 0.3 is 0 Å². The van der Waals surface area contributed by atoms with Gasteiger partial charge in [0.1, 0.15) is 12.6 Å². The molecular weight excluding hydrogens is 202 g/mol. The highest BCUT2D eigenvalue weighted by Gasteiger charge is 2.08. The van der Waals surface area contributed by atoms with Gasteiger partial charge in [0, 0.05) is 11.8 Å². The second-order valence-electron chi connectivity index (χ2n) is 3.37. The van der Waals surface area contributed by atoms with E-state index in [9.17, 15) is 4.79 Å². The summed E-state index contributed by atoms with van der Waals surface area (Å²) in [5, 5.41) is 4.06. The molecule has 2 aromatic heterocycles. The lowest BCUT2D eigenvalue weighted by atomic mass is 10.1. The van der Waals surface area contributed by atoms with Crippen molar-refractivity contribution < 1.29 is 4.79 Å². The minimum atomic E-state index is 0.608. The molecule has 0 aromatic carbocycles. The lowest BCUT2D eigenvalue weighted by Crippen LogP contribution is -1.98. The molecule has 2 aromatic rings. The Labute approximate surface area is 92.9 Å². The molecule has 0 unspecified atom stereocenters. The van der Waals surface area contributed by atoms with Crippen LogP contribution in [0.25, 0.3) is 11.1 Å². The molecule has 0 saturated heterocycles. The van der Waals surface area contributed by atoms with E-state index in [1.165, 1.54) is 6.33 Å². The number of aromatic nitrogens is 3. The molecule has 0 amide bonds. The summed E-state index contributed by atoms with van der Waals surface area (Å²) in [6.45, 7) is 5.45. The van der Waals surface area contributed by atoms with E-state index in [1.807, 2.05) is 18.3 Å². The van der Waals surface area contributed by atoms with Crippen LogP contribution in [0.1, 0.15) is 12.6 Å². The number of rotatable bonds is 3. The predicted octanol–water partition coefficient (Wildman–Crippen LogP) is 1.89.